The second-order valence-corrected chi connectivity index (χ2v) is 8.38. The zero-order valence-corrected chi connectivity index (χ0v) is 18.6. The highest BCUT2D eigenvalue weighted by Crippen LogP contribution is 2.24. The smallest absolute Gasteiger partial charge is 0.258 e. The second-order valence-electron chi connectivity index (χ2n) is 7.15. The Hall–Kier alpha value is -2.81. The molecule has 3 aromatic rings. The van der Waals surface area contributed by atoms with Gasteiger partial charge in [-0.3, -0.25) is 4.79 Å². The van der Waals surface area contributed by atoms with Crippen LogP contribution in [-0.2, 0) is 11.3 Å². The molecule has 8 nitrogen and oxygen atoms in total. The molecule has 1 aromatic carbocycles. The van der Waals surface area contributed by atoms with Gasteiger partial charge in [-0.1, -0.05) is 30.8 Å². The molecular weight excluding hydrogens is 400 g/mol. The van der Waals surface area contributed by atoms with Gasteiger partial charge in [0.1, 0.15) is 11.6 Å². The number of nitrogens with zero attached hydrogens (tertiary/aromatic N) is 4. The predicted octanol–water partition coefficient (Wildman–Crippen LogP) is 3.26. The average molecular weight is 429 g/mol. The molecule has 0 radical (unpaired) electrons. The first-order chi connectivity index (χ1) is 14.5. The first-order valence-corrected chi connectivity index (χ1v) is 11.0. The maximum absolute atomic E-state index is 12.1. The summed E-state index contributed by atoms with van der Waals surface area (Å²) in [6, 6.07) is 7.87. The lowest BCUT2D eigenvalue weighted by molar-refractivity contribution is -0.123. The largest absolute Gasteiger partial charge is 0.484 e. The molecule has 3 rings (SSSR count). The van der Waals surface area contributed by atoms with Crippen molar-refractivity contribution in [1.82, 2.24) is 25.1 Å². The van der Waals surface area contributed by atoms with E-state index in [4.69, 9.17) is 4.74 Å². The molecule has 160 valence electrons. The molecule has 1 amide bonds. The Morgan fingerprint density at radius 1 is 1.30 bits per heavy atom. The van der Waals surface area contributed by atoms with E-state index in [1.165, 1.54) is 0 Å². The summed E-state index contributed by atoms with van der Waals surface area (Å²) in [5.74, 6) is 2.18. The molecule has 0 spiro atoms. The van der Waals surface area contributed by atoms with E-state index in [9.17, 15) is 4.79 Å². The van der Waals surface area contributed by atoms with Crippen LogP contribution in [0.1, 0.15) is 26.3 Å². The average Bonchev–Trinajstić information content (AvgIpc) is 3.10. The topological polar surface area (TPSA) is 94.0 Å². The fraction of sp³-hybridized carbons (Fsp3) is 0.429. The van der Waals surface area contributed by atoms with Gasteiger partial charge in [-0.25, -0.2) is 14.6 Å². The molecule has 2 aromatic heterocycles. The van der Waals surface area contributed by atoms with Crippen LogP contribution in [0, 0.1) is 6.92 Å². The van der Waals surface area contributed by atoms with Gasteiger partial charge in [0.05, 0.1) is 18.1 Å². The van der Waals surface area contributed by atoms with Gasteiger partial charge in [0.15, 0.2) is 17.4 Å². The molecule has 2 heterocycles. The third-order valence-electron chi connectivity index (χ3n) is 4.18. The minimum absolute atomic E-state index is 0.0226. The zero-order chi connectivity index (χ0) is 21.5. The Morgan fingerprint density at radius 3 is 2.87 bits per heavy atom. The maximum atomic E-state index is 12.1. The van der Waals surface area contributed by atoms with E-state index < -0.39 is 0 Å². The van der Waals surface area contributed by atoms with Crippen LogP contribution in [0.4, 0.5) is 5.82 Å². The van der Waals surface area contributed by atoms with E-state index in [2.05, 4.69) is 46.5 Å². The molecule has 0 unspecified atom stereocenters. The van der Waals surface area contributed by atoms with Crippen LogP contribution in [-0.4, -0.2) is 50.6 Å². The second kappa shape index (κ2) is 10.3. The number of rotatable bonds is 10. The summed E-state index contributed by atoms with van der Waals surface area (Å²) in [5.41, 5.74) is 1.85. The molecule has 0 fully saturated rings. The number of nitrogens with one attached hydrogen (secondary N) is 2. The van der Waals surface area contributed by atoms with Crippen molar-refractivity contribution in [3.63, 3.8) is 0 Å². The first-order valence-electron chi connectivity index (χ1n) is 10.0. The van der Waals surface area contributed by atoms with Crippen molar-refractivity contribution >= 4 is 34.5 Å². The molecule has 0 atom stereocenters. The normalized spacial score (nSPS) is 11.1. The van der Waals surface area contributed by atoms with Gasteiger partial charge in [0, 0.05) is 12.6 Å². The Balaban J connectivity index is 1.61. The first kappa shape index (κ1) is 21.9. The quantitative estimate of drug-likeness (QED) is 0.378. The molecule has 0 aliphatic rings. The number of amides is 1. The third-order valence-corrected chi connectivity index (χ3v) is 4.91. The van der Waals surface area contributed by atoms with Gasteiger partial charge in [-0.05, 0) is 44.2 Å². The number of ether oxygens (including phenoxy) is 1. The van der Waals surface area contributed by atoms with Crippen LogP contribution in [0.15, 0.2) is 35.6 Å². The fourth-order valence-corrected chi connectivity index (χ4v) is 3.45. The fourth-order valence-electron chi connectivity index (χ4n) is 2.88. The summed E-state index contributed by atoms with van der Waals surface area (Å²) in [7, 11) is 0. The zero-order valence-electron chi connectivity index (χ0n) is 17.8. The predicted molar refractivity (Wildman–Crippen MR) is 120 cm³/mol. The Morgan fingerprint density at radius 2 is 2.13 bits per heavy atom. The Labute approximate surface area is 180 Å². The van der Waals surface area contributed by atoms with E-state index in [0.29, 0.717) is 24.0 Å². The van der Waals surface area contributed by atoms with Crippen LogP contribution in [0.3, 0.4) is 0 Å². The minimum atomic E-state index is -0.174. The monoisotopic (exact) mass is 428 g/mol. The minimum Gasteiger partial charge on any atom is -0.484 e. The number of anilines is 1. The van der Waals surface area contributed by atoms with Crippen LogP contribution in [0.25, 0.3) is 11.0 Å². The molecule has 0 saturated carbocycles. The number of aryl methyl sites for hydroxylation is 1. The number of hydrogen-bond acceptors (Lipinski definition) is 7. The third kappa shape index (κ3) is 5.85. The van der Waals surface area contributed by atoms with Crippen molar-refractivity contribution < 1.29 is 9.53 Å². The van der Waals surface area contributed by atoms with Gasteiger partial charge in [-0.15, -0.1) is 0 Å². The van der Waals surface area contributed by atoms with Crippen molar-refractivity contribution in [2.45, 2.75) is 45.4 Å². The number of aromatic nitrogens is 4. The molecule has 2 N–H and O–H groups in total. The summed E-state index contributed by atoms with van der Waals surface area (Å²) in [6.45, 7) is 9.11. The summed E-state index contributed by atoms with van der Waals surface area (Å²) in [5, 5.41) is 12.3. The van der Waals surface area contributed by atoms with Crippen LogP contribution >= 0.6 is 11.8 Å². The number of carbonyl (C=O) groups excluding carboxylic acids is 1. The molecule has 0 bridgehead atoms. The number of fused-ring (bicyclic) bond motifs is 1. The van der Waals surface area contributed by atoms with Crippen LogP contribution in [0.5, 0.6) is 5.75 Å². The van der Waals surface area contributed by atoms with Gasteiger partial charge in [0.2, 0.25) is 0 Å². The molecule has 0 aliphatic heterocycles. The molecular formula is C21H28N6O2S. The van der Waals surface area contributed by atoms with Crippen molar-refractivity contribution in [3.05, 3.63) is 36.0 Å². The highest BCUT2D eigenvalue weighted by atomic mass is 32.2. The van der Waals surface area contributed by atoms with Crippen LogP contribution < -0.4 is 15.4 Å². The number of thioether (sulfide) groups is 1. The van der Waals surface area contributed by atoms with Crippen molar-refractivity contribution in [1.29, 1.82) is 0 Å². The lowest BCUT2D eigenvalue weighted by atomic mass is 10.2. The molecule has 0 aliphatic carbocycles. The van der Waals surface area contributed by atoms with Gasteiger partial charge >= 0.3 is 0 Å². The van der Waals surface area contributed by atoms with E-state index in [0.717, 1.165) is 28.2 Å². The lowest BCUT2D eigenvalue weighted by Gasteiger charge is -2.12. The molecule has 30 heavy (non-hydrogen) atoms. The van der Waals surface area contributed by atoms with Gasteiger partial charge < -0.3 is 15.4 Å². The highest BCUT2D eigenvalue weighted by molar-refractivity contribution is 7.99. The summed E-state index contributed by atoms with van der Waals surface area (Å²) in [6.07, 6.45) is 1.77. The summed E-state index contributed by atoms with van der Waals surface area (Å²) >= 11 is 1.59. The maximum Gasteiger partial charge on any atom is 0.258 e. The van der Waals surface area contributed by atoms with Crippen molar-refractivity contribution in [2.24, 2.45) is 0 Å². The molecule has 0 saturated heterocycles. The van der Waals surface area contributed by atoms with E-state index >= 15 is 0 Å². The summed E-state index contributed by atoms with van der Waals surface area (Å²) < 4.78 is 7.33. The van der Waals surface area contributed by atoms with E-state index in [-0.39, 0.29) is 18.6 Å². The SMILES string of the molecule is CCSc1nc(NC(C)C)c2cnn(CCNC(=O)COc3cccc(C)c3)c2n1. The number of benzene rings is 1. The van der Waals surface area contributed by atoms with Crippen molar-refractivity contribution in [2.75, 3.05) is 24.2 Å². The number of hydrogen-bond donors (Lipinski definition) is 2. The number of carbonyl (C=O) groups is 1. The summed E-state index contributed by atoms with van der Waals surface area (Å²) in [4.78, 5) is 21.4. The standard InChI is InChI=1S/C21H28N6O2S/c1-5-30-21-25-19(24-14(2)3)17-12-23-27(20(17)26-21)10-9-22-18(28)13-29-16-8-6-7-15(4)11-16/h6-8,11-12,14H,5,9-10,13H2,1-4H3,(H,22,28)(H,24,25,26). The lowest BCUT2D eigenvalue weighted by Crippen LogP contribution is -2.31. The van der Waals surface area contributed by atoms with E-state index in [1.54, 1.807) is 22.6 Å². The Bertz CT molecular complexity index is 1000. The molecule has 9 heteroatoms. The van der Waals surface area contributed by atoms with Gasteiger partial charge in [0.25, 0.3) is 5.91 Å². The van der Waals surface area contributed by atoms with Gasteiger partial charge in [-0.2, -0.15) is 5.10 Å². The highest BCUT2D eigenvalue weighted by Gasteiger charge is 2.14. The van der Waals surface area contributed by atoms with E-state index in [1.807, 2.05) is 31.2 Å². The Kier molecular flexibility index (Phi) is 7.51. The van der Waals surface area contributed by atoms with Crippen LogP contribution in [0.2, 0.25) is 0 Å². The van der Waals surface area contributed by atoms with Crippen molar-refractivity contribution in [3.8, 4) is 5.75 Å².